The van der Waals surface area contributed by atoms with E-state index in [9.17, 15) is 9.59 Å². The highest BCUT2D eigenvalue weighted by Gasteiger charge is 2.28. The summed E-state index contributed by atoms with van der Waals surface area (Å²) in [6.45, 7) is 6.39. The Kier molecular flexibility index (Phi) is 9.67. The molecule has 1 N–H and O–H groups in total. The number of rotatable bonds is 10. The number of halogens is 2. The third kappa shape index (κ3) is 7.03. The quantitative estimate of drug-likeness (QED) is 0.535. The minimum Gasteiger partial charge on any atom is -0.352 e. The normalized spacial score (nSPS) is 12.8. The minimum absolute atomic E-state index is 0.0627. The predicted octanol–water partition coefficient (Wildman–Crippen LogP) is 5.30. The highest BCUT2D eigenvalue weighted by atomic mass is 35.5. The first-order chi connectivity index (χ1) is 14.3. The molecule has 0 aliphatic rings. The van der Waals surface area contributed by atoms with Gasteiger partial charge in [-0.3, -0.25) is 9.59 Å². The van der Waals surface area contributed by atoms with Crippen LogP contribution in [-0.2, 0) is 22.4 Å². The van der Waals surface area contributed by atoms with Gasteiger partial charge in [0.05, 0.1) is 16.5 Å². The van der Waals surface area contributed by atoms with Crippen LogP contribution in [0.2, 0.25) is 10.0 Å². The number of nitrogens with one attached hydrogen (secondary N) is 1. The van der Waals surface area contributed by atoms with Crippen LogP contribution in [-0.4, -0.2) is 35.3 Å². The summed E-state index contributed by atoms with van der Waals surface area (Å²) in [6.07, 6.45) is 2.23. The molecule has 0 radical (unpaired) electrons. The first-order valence-electron chi connectivity index (χ1n) is 10.4. The summed E-state index contributed by atoms with van der Waals surface area (Å²) < 4.78 is 0. The van der Waals surface area contributed by atoms with Crippen molar-refractivity contribution in [1.29, 1.82) is 0 Å². The third-order valence-electron chi connectivity index (χ3n) is 5.21. The zero-order chi connectivity index (χ0) is 22.1. The molecule has 0 heterocycles. The first kappa shape index (κ1) is 24.2. The molecule has 2 amide bonds. The Morgan fingerprint density at radius 2 is 1.67 bits per heavy atom. The Hall–Kier alpha value is -2.04. The predicted molar refractivity (Wildman–Crippen MR) is 124 cm³/mol. The van der Waals surface area contributed by atoms with Crippen LogP contribution in [0.5, 0.6) is 0 Å². The van der Waals surface area contributed by atoms with Gasteiger partial charge in [0.25, 0.3) is 0 Å². The van der Waals surface area contributed by atoms with Gasteiger partial charge in [-0.1, -0.05) is 73.4 Å². The Morgan fingerprint density at radius 1 is 0.967 bits per heavy atom. The average molecular weight is 449 g/mol. The molecule has 162 valence electrons. The number of carbonyl (C=O) groups excluding carboxylic acids is 2. The van der Waals surface area contributed by atoms with Gasteiger partial charge in [0.2, 0.25) is 11.8 Å². The van der Waals surface area contributed by atoms with Gasteiger partial charge < -0.3 is 10.2 Å². The number of hydrogen-bond acceptors (Lipinski definition) is 2. The van der Waals surface area contributed by atoms with Crippen LogP contribution in [0.1, 0.15) is 44.7 Å². The highest BCUT2D eigenvalue weighted by Crippen LogP contribution is 2.23. The van der Waals surface area contributed by atoms with E-state index in [0.29, 0.717) is 29.4 Å². The standard InChI is InChI=1S/C24H30Cl2N2O2/c1-4-17(3)27-24(30)22(5-2)28(14-13-18-9-7-6-8-10-18)23(29)16-19-11-12-20(25)21(26)15-19/h6-12,15,17,22H,4-5,13-14,16H2,1-3H3,(H,27,30)/t17-,22-/m1/s1. The molecule has 0 aromatic heterocycles. The number of benzene rings is 2. The summed E-state index contributed by atoms with van der Waals surface area (Å²) in [5.74, 6) is -0.210. The van der Waals surface area contributed by atoms with Crippen LogP contribution in [0.15, 0.2) is 48.5 Å². The van der Waals surface area contributed by atoms with E-state index in [1.54, 1.807) is 23.1 Å². The van der Waals surface area contributed by atoms with Gasteiger partial charge in [0.15, 0.2) is 0 Å². The maximum atomic E-state index is 13.3. The second-order valence-corrected chi connectivity index (χ2v) is 8.30. The lowest BCUT2D eigenvalue weighted by atomic mass is 10.1. The maximum Gasteiger partial charge on any atom is 0.243 e. The second-order valence-electron chi connectivity index (χ2n) is 7.49. The summed E-state index contributed by atoms with van der Waals surface area (Å²) in [4.78, 5) is 27.9. The number of nitrogens with zero attached hydrogens (tertiary/aromatic N) is 1. The second kappa shape index (κ2) is 12.0. The molecule has 0 aliphatic carbocycles. The van der Waals surface area contributed by atoms with Crippen molar-refractivity contribution in [1.82, 2.24) is 10.2 Å². The highest BCUT2D eigenvalue weighted by molar-refractivity contribution is 6.42. The first-order valence-corrected chi connectivity index (χ1v) is 11.2. The van der Waals surface area contributed by atoms with Crippen molar-refractivity contribution in [3.8, 4) is 0 Å². The molecule has 0 aliphatic heterocycles. The van der Waals surface area contributed by atoms with Gasteiger partial charge in [0, 0.05) is 12.6 Å². The van der Waals surface area contributed by atoms with Gasteiger partial charge in [-0.25, -0.2) is 0 Å². The van der Waals surface area contributed by atoms with Gasteiger partial charge in [-0.2, -0.15) is 0 Å². The van der Waals surface area contributed by atoms with E-state index in [2.05, 4.69) is 5.32 Å². The molecule has 2 atom stereocenters. The van der Waals surface area contributed by atoms with E-state index in [0.717, 1.165) is 17.5 Å². The van der Waals surface area contributed by atoms with Crippen molar-refractivity contribution in [2.24, 2.45) is 0 Å². The molecule has 0 saturated heterocycles. The van der Waals surface area contributed by atoms with Crippen molar-refractivity contribution in [2.45, 2.75) is 58.5 Å². The minimum atomic E-state index is -0.516. The van der Waals surface area contributed by atoms with Crippen molar-refractivity contribution in [2.75, 3.05) is 6.54 Å². The molecule has 0 saturated carbocycles. The van der Waals surface area contributed by atoms with Crippen molar-refractivity contribution < 1.29 is 9.59 Å². The van der Waals surface area contributed by atoms with Crippen molar-refractivity contribution >= 4 is 35.0 Å². The molecule has 2 rings (SSSR count). The molecule has 0 bridgehead atoms. The lowest BCUT2D eigenvalue weighted by Gasteiger charge is -2.31. The monoisotopic (exact) mass is 448 g/mol. The summed E-state index contributed by atoms with van der Waals surface area (Å²) in [7, 11) is 0. The molecule has 0 unspecified atom stereocenters. The van der Waals surface area contributed by atoms with Gasteiger partial charge >= 0.3 is 0 Å². The summed E-state index contributed by atoms with van der Waals surface area (Å²) in [5.41, 5.74) is 1.90. The molecule has 4 nitrogen and oxygen atoms in total. The van der Waals surface area contributed by atoms with E-state index in [1.807, 2.05) is 51.1 Å². The lowest BCUT2D eigenvalue weighted by molar-refractivity contribution is -0.140. The summed E-state index contributed by atoms with van der Waals surface area (Å²) in [5, 5.41) is 3.89. The Bertz CT molecular complexity index is 842. The summed E-state index contributed by atoms with van der Waals surface area (Å²) >= 11 is 12.1. The Balaban J connectivity index is 2.22. The lowest BCUT2D eigenvalue weighted by Crippen LogP contribution is -2.52. The van der Waals surface area contributed by atoms with E-state index >= 15 is 0 Å². The fourth-order valence-corrected chi connectivity index (χ4v) is 3.58. The molecular formula is C24H30Cl2N2O2. The largest absolute Gasteiger partial charge is 0.352 e. The van der Waals surface area contributed by atoms with E-state index in [1.165, 1.54) is 0 Å². The van der Waals surface area contributed by atoms with Gasteiger partial charge in [-0.05, 0) is 49.4 Å². The van der Waals surface area contributed by atoms with Crippen LogP contribution in [0.25, 0.3) is 0 Å². The smallest absolute Gasteiger partial charge is 0.243 e. The molecule has 2 aromatic rings. The molecule has 30 heavy (non-hydrogen) atoms. The SMILES string of the molecule is CC[C@@H](C)NC(=O)[C@@H](CC)N(CCc1ccccc1)C(=O)Cc1ccc(Cl)c(Cl)c1. The van der Waals surface area contributed by atoms with Crippen molar-refractivity contribution in [3.05, 3.63) is 69.7 Å². The fourth-order valence-electron chi connectivity index (χ4n) is 3.26. The van der Waals surface area contributed by atoms with Gasteiger partial charge in [-0.15, -0.1) is 0 Å². The Morgan fingerprint density at radius 3 is 2.27 bits per heavy atom. The number of amides is 2. The van der Waals surface area contributed by atoms with Crippen molar-refractivity contribution in [3.63, 3.8) is 0 Å². The van der Waals surface area contributed by atoms with Gasteiger partial charge in [0.1, 0.15) is 6.04 Å². The van der Waals surface area contributed by atoms with Crippen LogP contribution in [0.3, 0.4) is 0 Å². The summed E-state index contributed by atoms with van der Waals surface area (Å²) in [6, 6.07) is 14.7. The van der Waals surface area contributed by atoms with E-state index in [4.69, 9.17) is 23.2 Å². The number of carbonyl (C=O) groups is 2. The fraction of sp³-hybridized carbons (Fsp3) is 0.417. The zero-order valence-corrected chi connectivity index (χ0v) is 19.3. The average Bonchev–Trinajstić information content (AvgIpc) is 2.74. The molecule has 2 aromatic carbocycles. The van der Waals surface area contributed by atoms with E-state index in [-0.39, 0.29) is 24.3 Å². The van der Waals surface area contributed by atoms with Crippen LogP contribution in [0.4, 0.5) is 0 Å². The number of hydrogen-bond donors (Lipinski definition) is 1. The topological polar surface area (TPSA) is 49.4 Å². The molecule has 0 fully saturated rings. The molecule has 6 heteroatoms. The zero-order valence-electron chi connectivity index (χ0n) is 17.8. The Labute approximate surface area is 189 Å². The van der Waals surface area contributed by atoms with Crippen LogP contribution < -0.4 is 5.32 Å². The van der Waals surface area contributed by atoms with Crippen LogP contribution in [0, 0.1) is 0 Å². The molecule has 0 spiro atoms. The molecular weight excluding hydrogens is 419 g/mol. The third-order valence-corrected chi connectivity index (χ3v) is 5.95. The van der Waals surface area contributed by atoms with E-state index < -0.39 is 6.04 Å². The van der Waals surface area contributed by atoms with Crippen LogP contribution >= 0.6 is 23.2 Å². The maximum absolute atomic E-state index is 13.3.